The summed E-state index contributed by atoms with van der Waals surface area (Å²) in [4.78, 5) is 12.5. The van der Waals surface area contributed by atoms with E-state index >= 15 is 0 Å². The number of carbonyl (C=O) groups is 1. The lowest BCUT2D eigenvalue weighted by atomic mass is 9.98. The van der Waals surface area contributed by atoms with E-state index in [1.807, 2.05) is 26.8 Å². The van der Waals surface area contributed by atoms with Crippen molar-refractivity contribution in [1.82, 2.24) is 5.32 Å². The van der Waals surface area contributed by atoms with Gasteiger partial charge in [-0.25, -0.2) is 4.79 Å². The van der Waals surface area contributed by atoms with Crippen molar-refractivity contribution >= 4 is 23.0 Å². The maximum absolute atomic E-state index is 11.3. The van der Waals surface area contributed by atoms with Gasteiger partial charge in [0.2, 0.25) is 0 Å². The lowest BCUT2D eigenvalue weighted by molar-refractivity contribution is 0.0703. The fourth-order valence-electron chi connectivity index (χ4n) is 1.97. The molecule has 20 heavy (non-hydrogen) atoms. The fourth-order valence-corrected chi connectivity index (χ4v) is 2.78. The summed E-state index contributed by atoms with van der Waals surface area (Å²) in [5.74, 6) is 5.32. The molecule has 0 aromatic carbocycles. The summed E-state index contributed by atoms with van der Waals surface area (Å²) < 4.78 is 0. The van der Waals surface area contributed by atoms with Crippen LogP contribution < -0.4 is 10.6 Å². The molecule has 0 radical (unpaired) electrons. The van der Waals surface area contributed by atoms with Crippen LogP contribution >= 0.6 is 11.3 Å². The molecule has 0 saturated carbocycles. The zero-order chi connectivity index (χ0) is 14.8. The normalized spacial score (nSPS) is 18.4. The number of hydrogen-bond donors (Lipinski definition) is 3. The largest absolute Gasteiger partial charge is 0.477 e. The minimum Gasteiger partial charge on any atom is -0.477 e. The van der Waals surface area contributed by atoms with Crippen LogP contribution in [-0.4, -0.2) is 30.2 Å². The summed E-state index contributed by atoms with van der Waals surface area (Å²) >= 11 is 1.24. The summed E-state index contributed by atoms with van der Waals surface area (Å²) in [6.07, 6.45) is 1.01. The molecule has 1 aliphatic heterocycles. The summed E-state index contributed by atoms with van der Waals surface area (Å²) in [6.45, 7) is 7.96. The highest BCUT2D eigenvalue weighted by Crippen LogP contribution is 2.28. The molecule has 1 aliphatic rings. The summed E-state index contributed by atoms with van der Waals surface area (Å²) in [7, 11) is 0. The van der Waals surface area contributed by atoms with Crippen LogP contribution in [0.1, 0.15) is 41.7 Å². The highest BCUT2D eigenvalue weighted by molar-refractivity contribution is 7.15. The smallest absolute Gasteiger partial charge is 0.348 e. The molecule has 108 valence electrons. The number of hydrogen-bond acceptors (Lipinski definition) is 4. The molecular formula is C15H20N2O2S. The standard InChI is InChI=1S/C15H20N2O2S/c1-15(2,3)6-4-11-8-12(13(20-11)14(18)19)17-10-5-7-16-9-10/h8,10,16-17H,5,7,9H2,1-3H3,(H,18,19)/t10-/m0/s1. The second kappa shape index (κ2) is 5.86. The van der Waals surface area contributed by atoms with E-state index in [0.29, 0.717) is 16.6 Å². The number of anilines is 1. The molecular weight excluding hydrogens is 272 g/mol. The van der Waals surface area contributed by atoms with Crippen molar-refractivity contribution in [2.75, 3.05) is 18.4 Å². The first-order chi connectivity index (χ1) is 9.35. The lowest BCUT2D eigenvalue weighted by Crippen LogP contribution is -2.22. The Kier molecular flexibility index (Phi) is 4.36. The molecule has 1 aromatic rings. The van der Waals surface area contributed by atoms with Crippen LogP contribution in [0.3, 0.4) is 0 Å². The fraction of sp³-hybridized carbons (Fsp3) is 0.533. The molecule has 2 rings (SSSR count). The third-order valence-corrected chi connectivity index (χ3v) is 3.95. The number of aromatic carboxylic acids is 1. The van der Waals surface area contributed by atoms with E-state index in [1.54, 1.807) is 0 Å². The molecule has 0 unspecified atom stereocenters. The van der Waals surface area contributed by atoms with E-state index in [4.69, 9.17) is 0 Å². The van der Waals surface area contributed by atoms with E-state index in [-0.39, 0.29) is 5.41 Å². The van der Waals surface area contributed by atoms with Crippen LogP contribution in [0.2, 0.25) is 0 Å². The van der Waals surface area contributed by atoms with Gasteiger partial charge in [-0.05, 0) is 39.8 Å². The topological polar surface area (TPSA) is 61.4 Å². The number of carboxylic acid groups (broad SMARTS) is 1. The first-order valence-corrected chi connectivity index (χ1v) is 7.54. The quantitative estimate of drug-likeness (QED) is 0.750. The average Bonchev–Trinajstić information content (AvgIpc) is 2.95. The average molecular weight is 292 g/mol. The van der Waals surface area contributed by atoms with E-state index in [1.165, 1.54) is 11.3 Å². The van der Waals surface area contributed by atoms with Gasteiger partial charge in [0.25, 0.3) is 0 Å². The third-order valence-electron chi connectivity index (χ3n) is 2.91. The van der Waals surface area contributed by atoms with Crippen molar-refractivity contribution in [3.63, 3.8) is 0 Å². The first-order valence-electron chi connectivity index (χ1n) is 6.73. The highest BCUT2D eigenvalue weighted by atomic mass is 32.1. The van der Waals surface area contributed by atoms with E-state index in [9.17, 15) is 9.90 Å². The van der Waals surface area contributed by atoms with Crippen LogP contribution in [-0.2, 0) is 0 Å². The molecule has 0 amide bonds. The maximum atomic E-state index is 11.3. The summed E-state index contributed by atoms with van der Waals surface area (Å²) in [6, 6.07) is 2.15. The van der Waals surface area contributed by atoms with Crippen LogP contribution in [0, 0.1) is 17.3 Å². The second-order valence-electron chi connectivity index (χ2n) is 5.99. The van der Waals surface area contributed by atoms with Crippen molar-refractivity contribution in [1.29, 1.82) is 0 Å². The molecule has 1 atom stereocenters. The zero-order valence-corrected chi connectivity index (χ0v) is 12.9. The monoisotopic (exact) mass is 292 g/mol. The molecule has 5 heteroatoms. The Balaban J connectivity index is 2.23. The van der Waals surface area contributed by atoms with Gasteiger partial charge in [-0.15, -0.1) is 11.3 Å². The predicted octanol–water partition coefficient (Wildman–Crippen LogP) is 2.62. The van der Waals surface area contributed by atoms with Gasteiger partial charge in [0.15, 0.2) is 0 Å². The molecule has 0 bridgehead atoms. The minimum absolute atomic E-state index is 0.0870. The third kappa shape index (κ3) is 3.99. The van der Waals surface area contributed by atoms with Crippen LogP contribution in [0.4, 0.5) is 5.69 Å². The number of thiophene rings is 1. The van der Waals surface area contributed by atoms with Crippen molar-refractivity contribution in [3.05, 3.63) is 15.8 Å². The SMILES string of the molecule is CC(C)(C)C#Cc1cc(N[C@H]2CCNC2)c(C(=O)O)s1. The minimum atomic E-state index is -0.896. The van der Waals surface area contributed by atoms with Crippen LogP contribution in [0.25, 0.3) is 0 Å². The molecule has 0 spiro atoms. The zero-order valence-electron chi connectivity index (χ0n) is 12.0. The Hall–Kier alpha value is -1.51. The summed E-state index contributed by atoms with van der Waals surface area (Å²) in [5, 5.41) is 15.9. The van der Waals surface area contributed by atoms with Crippen molar-refractivity contribution in [2.24, 2.45) is 5.41 Å². The maximum Gasteiger partial charge on any atom is 0.348 e. The Morgan fingerprint density at radius 3 is 2.85 bits per heavy atom. The van der Waals surface area contributed by atoms with Gasteiger partial charge in [-0.3, -0.25) is 0 Å². The Morgan fingerprint density at radius 1 is 1.55 bits per heavy atom. The van der Waals surface area contributed by atoms with Gasteiger partial charge < -0.3 is 15.7 Å². The highest BCUT2D eigenvalue weighted by Gasteiger charge is 2.20. The Labute approximate surface area is 123 Å². The van der Waals surface area contributed by atoms with Gasteiger partial charge in [0.05, 0.1) is 10.6 Å². The van der Waals surface area contributed by atoms with Crippen LogP contribution in [0.15, 0.2) is 6.07 Å². The lowest BCUT2D eigenvalue weighted by Gasteiger charge is -2.11. The Morgan fingerprint density at radius 2 is 2.30 bits per heavy atom. The molecule has 1 saturated heterocycles. The molecule has 4 nitrogen and oxygen atoms in total. The predicted molar refractivity (Wildman–Crippen MR) is 82.5 cm³/mol. The van der Waals surface area contributed by atoms with E-state index in [2.05, 4.69) is 22.5 Å². The van der Waals surface area contributed by atoms with Gasteiger partial charge >= 0.3 is 5.97 Å². The van der Waals surface area contributed by atoms with Gasteiger partial charge in [-0.2, -0.15) is 0 Å². The number of nitrogens with one attached hydrogen (secondary N) is 2. The van der Waals surface area contributed by atoms with E-state index in [0.717, 1.165) is 24.4 Å². The van der Waals surface area contributed by atoms with Gasteiger partial charge in [0, 0.05) is 18.0 Å². The molecule has 3 N–H and O–H groups in total. The molecule has 1 fully saturated rings. The summed E-state index contributed by atoms with van der Waals surface area (Å²) in [5.41, 5.74) is 0.602. The molecule has 0 aliphatic carbocycles. The molecule has 2 heterocycles. The van der Waals surface area contributed by atoms with Gasteiger partial charge in [0.1, 0.15) is 4.88 Å². The van der Waals surface area contributed by atoms with E-state index < -0.39 is 5.97 Å². The van der Waals surface area contributed by atoms with Crippen molar-refractivity contribution < 1.29 is 9.90 Å². The van der Waals surface area contributed by atoms with Crippen LogP contribution in [0.5, 0.6) is 0 Å². The van der Waals surface area contributed by atoms with Crippen molar-refractivity contribution in [3.8, 4) is 11.8 Å². The van der Waals surface area contributed by atoms with Crippen molar-refractivity contribution in [2.45, 2.75) is 33.2 Å². The number of rotatable bonds is 3. The number of carboxylic acids is 1. The molecule has 1 aromatic heterocycles. The Bertz CT molecular complexity index is 555. The second-order valence-corrected chi connectivity index (χ2v) is 7.04. The van der Waals surface area contributed by atoms with Gasteiger partial charge in [-0.1, -0.05) is 11.8 Å². The first kappa shape index (κ1) is 14.9.